The number of fused-ring (bicyclic) bond motifs is 1. The molecule has 0 saturated heterocycles. The molecule has 2 heterocycles. The average molecular weight is 525 g/mol. The lowest BCUT2D eigenvalue weighted by molar-refractivity contribution is -0.139. The van der Waals surface area contributed by atoms with Gasteiger partial charge in [-0.15, -0.1) is 0 Å². The van der Waals surface area contributed by atoms with Crippen molar-refractivity contribution in [1.29, 1.82) is 0 Å². The molecule has 7 heteroatoms. The zero-order chi connectivity index (χ0) is 26.6. The van der Waals surface area contributed by atoms with Crippen LogP contribution >= 0.6 is 11.3 Å². The van der Waals surface area contributed by atoms with Crippen molar-refractivity contribution in [3.63, 3.8) is 0 Å². The number of hydrogen-bond acceptors (Lipinski definition) is 6. The molecule has 1 atom stereocenters. The van der Waals surface area contributed by atoms with Crippen molar-refractivity contribution in [3.8, 4) is 5.75 Å². The van der Waals surface area contributed by atoms with E-state index in [9.17, 15) is 9.59 Å². The fourth-order valence-electron chi connectivity index (χ4n) is 4.44. The maximum atomic E-state index is 13.8. The Kier molecular flexibility index (Phi) is 7.38. The molecule has 1 aromatic heterocycles. The minimum atomic E-state index is -0.617. The fraction of sp³-hybridized carbons (Fsp3) is 0.194. The molecule has 0 aliphatic carbocycles. The van der Waals surface area contributed by atoms with Gasteiger partial charge in [0.2, 0.25) is 0 Å². The van der Waals surface area contributed by atoms with Gasteiger partial charge in [-0.1, -0.05) is 83.6 Å². The van der Waals surface area contributed by atoms with Gasteiger partial charge in [0.25, 0.3) is 5.56 Å². The van der Waals surface area contributed by atoms with Crippen LogP contribution in [0.15, 0.2) is 99.9 Å². The van der Waals surface area contributed by atoms with Gasteiger partial charge in [0, 0.05) is 0 Å². The maximum Gasteiger partial charge on any atom is 0.338 e. The molecule has 3 aromatic carbocycles. The van der Waals surface area contributed by atoms with Crippen LogP contribution in [0.4, 0.5) is 0 Å². The highest BCUT2D eigenvalue weighted by molar-refractivity contribution is 7.07. The van der Waals surface area contributed by atoms with Crippen molar-refractivity contribution in [2.75, 3.05) is 6.61 Å². The summed E-state index contributed by atoms with van der Waals surface area (Å²) >= 11 is 1.31. The first-order chi connectivity index (χ1) is 18.4. The number of hydrogen-bond donors (Lipinski definition) is 0. The molecule has 0 spiro atoms. The summed E-state index contributed by atoms with van der Waals surface area (Å²) in [6.07, 6.45) is 1.84. The predicted molar refractivity (Wildman–Crippen MR) is 149 cm³/mol. The van der Waals surface area contributed by atoms with Crippen molar-refractivity contribution in [3.05, 3.63) is 132 Å². The zero-order valence-electron chi connectivity index (χ0n) is 21.5. The van der Waals surface area contributed by atoms with E-state index in [1.165, 1.54) is 11.3 Å². The van der Waals surface area contributed by atoms with Gasteiger partial charge < -0.3 is 9.47 Å². The number of aromatic nitrogens is 1. The van der Waals surface area contributed by atoms with Gasteiger partial charge in [0.1, 0.15) is 12.4 Å². The third-order valence-corrected chi connectivity index (χ3v) is 7.30. The Morgan fingerprint density at radius 1 is 1.03 bits per heavy atom. The Balaban J connectivity index is 1.55. The summed E-state index contributed by atoms with van der Waals surface area (Å²) < 4.78 is 13.5. The van der Waals surface area contributed by atoms with Crippen LogP contribution in [-0.4, -0.2) is 17.1 Å². The minimum absolute atomic E-state index is 0.204. The highest BCUT2D eigenvalue weighted by atomic mass is 32.1. The standard InChI is InChI=1S/C31H28N2O4S/c1-4-36-30(35)27-21(3)32-31-33(28(27)24-15-13-20(2)14-16-24)29(34)26(38-31)18-23-11-8-12-25(17-23)37-19-22-9-6-5-7-10-22/h5-18,28H,4,19H2,1-3H3/b26-18-/t28-/m1/s1. The van der Waals surface area contributed by atoms with E-state index in [0.29, 0.717) is 33.0 Å². The summed E-state index contributed by atoms with van der Waals surface area (Å²) in [4.78, 5) is 32.0. The smallest absolute Gasteiger partial charge is 0.338 e. The second-order valence-electron chi connectivity index (χ2n) is 9.06. The molecule has 0 bridgehead atoms. The number of nitrogens with zero attached hydrogens (tertiary/aromatic N) is 2. The van der Waals surface area contributed by atoms with E-state index in [0.717, 1.165) is 22.3 Å². The molecule has 0 unspecified atom stereocenters. The van der Waals surface area contributed by atoms with Crippen molar-refractivity contribution < 1.29 is 14.3 Å². The van der Waals surface area contributed by atoms with Crippen LogP contribution in [-0.2, 0) is 16.1 Å². The molecule has 0 N–H and O–H groups in total. The summed E-state index contributed by atoms with van der Waals surface area (Å²) in [6, 6.07) is 24.8. The van der Waals surface area contributed by atoms with Gasteiger partial charge in [-0.05, 0) is 55.7 Å². The van der Waals surface area contributed by atoms with Crippen LogP contribution in [0.3, 0.4) is 0 Å². The van der Waals surface area contributed by atoms with E-state index >= 15 is 0 Å². The molecular weight excluding hydrogens is 496 g/mol. The molecular formula is C31H28N2O4S. The first-order valence-corrected chi connectivity index (χ1v) is 13.3. The molecule has 5 rings (SSSR count). The van der Waals surface area contributed by atoms with Gasteiger partial charge in [0.15, 0.2) is 4.80 Å². The molecule has 1 aliphatic heterocycles. The van der Waals surface area contributed by atoms with E-state index in [1.54, 1.807) is 18.4 Å². The lowest BCUT2D eigenvalue weighted by Crippen LogP contribution is -2.39. The Hall–Kier alpha value is -4.23. The number of ether oxygens (including phenoxy) is 2. The van der Waals surface area contributed by atoms with E-state index in [2.05, 4.69) is 4.99 Å². The monoisotopic (exact) mass is 524 g/mol. The fourth-order valence-corrected chi connectivity index (χ4v) is 5.49. The van der Waals surface area contributed by atoms with E-state index in [4.69, 9.17) is 9.47 Å². The minimum Gasteiger partial charge on any atom is -0.489 e. The highest BCUT2D eigenvalue weighted by Gasteiger charge is 2.33. The molecule has 6 nitrogen and oxygen atoms in total. The van der Waals surface area contributed by atoms with E-state index < -0.39 is 12.0 Å². The Bertz CT molecular complexity index is 1680. The molecule has 0 fully saturated rings. The molecule has 0 radical (unpaired) electrons. The summed E-state index contributed by atoms with van der Waals surface area (Å²) in [5, 5.41) is 0. The number of benzene rings is 3. The Morgan fingerprint density at radius 2 is 1.79 bits per heavy atom. The highest BCUT2D eigenvalue weighted by Crippen LogP contribution is 2.30. The van der Waals surface area contributed by atoms with Crippen LogP contribution in [0.1, 0.15) is 42.1 Å². The summed E-state index contributed by atoms with van der Waals surface area (Å²) in [7, 11) is 0. The first kappa shape index (κ1) is 25.4. The van der Waals surface area contributed by atoms with Crippen LogP contribution in [0.2, 0.25) is 0 Å². The summed E-state index contributed by atoms with van der Waals surface area (Å²) in [5.74, 6) is 0.255. The van der Waals surface area contributed by atoms with Gasteiger partial charge in [-0.25, -0.2) is 9.79 Å². The zero-order valence-corrected chi connectivity index (χ0v) is 22.3. The molecule has 0 saturated carbocycles. The molecule has 1 aliphatic rings. The van der Waals surface area contributed by atoms with Gasteiger partial charge in [-0.2, -0.15) is 0 Å². The molecule has 0 amide bonds. The number of rotatable bonds is 7. The quantitative estimate of drug-likeness (QED) is 0.329. The van der Waals surface area contributed by atoms with E-state index in [-0.39, 0.29) is 12.2 Å². The third-order valence-electron chi connectivity index (χ3n) is 6.31. The van der Waals surface area contributed by atoms with Crippen molar-refractivity contribution in [1.82, 2.24) is 4.57 Å². The second kappa shape index (κ2) is 11.0. The topological polar surface area (TPSA) is 69.9 Å². The number of carbonyl (C=O) groups is 1. The van der Waals surface area contributed by atoms with Crippen molar-refractivity contribution >= 4 is 23.4 Å². The summed E-state index contributed by atoms with van der Waals surface area (Å²) in [6.45, 7) is 6.25. The van der Waals surface area contributed by atoms with Crippen LogP contribution < -0.4 is 19.6 Å². The first-order valence-electron chi connectivity index (χ1n) is 12.5. The SMILES string of the molecule is CCOC(=O)C1=C(C)N=c2s/c(=C\c3cccc(OCc4ccccc4)c3)c(=O)n2[C@@H]1c1ccc(C)cc1. The van der Waals surface area contributed by atoms with Gasteiger partial charge in [-0.3, -0.25) is 9.36 Å². The number of aryl methyl sites for hydroxylation is 1. The van der Waals surface area contributed by atoms with Gasteiger partial charge >= 0.3 is 5.97 Å². The number of esters is 1. The molecule has 4 aromatic rings. The maximum absolute atomic E-state index is 13.8. The van der Waals surface area contributed by atoms with Crippen molar-refractivity contribution in [2.24, 2.45) is 4.99 Å². The lowest BCUT2D eigenvalue weighted by atomic mass is 9.95. The summed E-state index contributed by atoms with van der Waals surface area (Å²) in [5.41, 5.74) is 4.57. The Morgan fingerprint density at radius 3 is 2.53 bits per heavy atom. The number of carbonyl (C=O) groups excluding carboxylic acids is 1. The van der Waals surface area contributed by atoms with E-state index in [1.807, 2.05) is 91.9 Å². The molecule has 38 heavy (non-hydrogen) atoms. The Labute approximate surface area is 224 Å². The number of allylic oxidation sites excluding steroid dienone is 1. The number of thiazole rings is 1. The van der Waals surface area contributed by atoms with Gasteiger partial charge in [0.05, 0.1) is 28.5 Å². The largest absolute Gasteiger partial charge is 0.489 e. The van der Waals surface area contributed by atoms with Crippen LogP contribution in [0, 0.1) is 6.92 Å². The third kappa shape index (κ3) is 5.24. The lowest BCUT2D eigenvalue weighted by Gasteiger charge is -2.24. The van der Waals surface area contributed by atoms with Crippen LogP contribution in [0.25, 0.3) is 6.08 Å². The van der Waals surface area contributed by atoms with Crippen molar-refractivity contribution in [2.45, 2.75) is 33.4 Å². The second-order valence-corrected chi connectivity index (χ2v) is 10.1. The molecule has 192 valence electrons. The van der Waals surface area contributed by atoms with Crippen LogP contribution in [0.5, 0.6) is 5.75 Å². The normalized spacial score (nSPS) is 15.1. The average Bonchev–Trinajstić information content (AvgIpc) is 3.22. The predicted octanol–water partition coefficient (Wildman–Crippen LogP) is 4.69.